The topological polar surface area (TPSA) is 97.8 Å². The molecule has 2 aromatic rings. The third-order valence-corrected chi connectivity index (χ3v) is 5.74. The van der Waals surface area contributed by atoms with Gasteiger partial charge in [-0.15, -0.1) is 0 Å². The predicted molar refractivity (Wildman–Crippen MR) is 109 cm³/mol. The highest BCUT2D eigenvalue weighted by molar-refractivity contribution is 5.97. The minimum Gasteiger partial charge on any atom is -0.477 e. The number of hydrogen-bond acceptors (Lipinski definition) is 5. The van der Waals surface area contributed by atoms with E-state index >= 15 is 4.39 Å². The number of carboxylic acids is 1. The second kappa shape index (κ2) is 8.26. The number of benzene rings is 1. The van der Waals surface area contributed by atoms with Crippen LogP contribution in [0.5, 0.6) is 5.75 Å². The number of pyridine rings is 1. The number of aromatic carboxylic acids is 1. The van der Waals surface area contributed by atoms with E-state index in [2.05, 4.69) is 0 Å². The minimum absolute atomic E-state index is 0.0506. The molecule has 0 atom stereocenters. The van der Waals surface area contributed by atoms with Crippen LogP contribution in [0.15, 0.2) is 28.5 Å². The third kappa shape index (κ3) is 3.76. The lowest BCUT2D eigenvalue weighted by molar-refractivity contribution is 0.0694. The summed E-state index contributed by atoms with van der Waals surface area (Å²) in [6.45, 7) is -1.13. The van der Waals surface area contributed by atoms with Gasteiger partial charge in [0.15, 0.2) is 11.6 Å². The van der Waals surface area contributed by atoms with Gasteiger partial charge >= 0.3 is 5.97 Å². The van der Waals surface area contributed by atoms with Crippen molar-refractivity contribution in [2.24, 2.45) is 5.73 Å². The molecule has 1 aromatic heterocycles. The lowest BCUT2D eigenvalue weighted by Gasteiger charge is -2.33. The van der Waals surface area contributed by atoms with Crippen LogP contribution in [0.4, 0.5) is 18.9 Å². The highest BCUT2D eigenvalue weighted by Gasteiger charge is 2.32. The molecule has 0 spiro atoms. The van der Waals surface area contributed by atoms with E-state index in [9.17, 15) is 23.5 Å². The Hall–Kier alpha value is -3.01. The van der Waals surface area contributed by atoms with Gasteiger partial charge in [0.05, 0.1) is 10.9 Å². The number of alkyl halides is 1. The predicted octanol–water partition coefficient (Wildman–Crippen LogP) is 3.26. The van der Waals surface area contributed by atoms with Gasteiger partial charge in [-0.1, -0.05) is 0 Å². The monoisotopic (exact) mass is 437 g/mol. The van der Waals surface area contributed by atoms with Crippen molar-refractivity contribution in [3.63, 3.8) is 0 Å². The summed E-state index contributed by atoms with van der Waals surface area (Å²) in [5.41, 5.74) is 4.52. The van der Waals surface area contributed by atoms with Crippen LogP contribution in [0, 0.1) is 5.82 Å². The van der Waals surface area contributed by atoms with Crippen molar-refractivity contribution >= 4 is 22.6 Å². The van der Waals surface area contributed by atoms with Crippen molar-refractivity contribution in [2.75, 3.05) is 31.4 Å². The zero-order valence-electron chi connectivity index (χ0n) is 16.7. The molecule has 1 aliphatic heterocycles. The molecule has 1 aromatic carbocycles. The Bertz CT molecular complexity index is 1140. The Morgan fingerprint density at radius 1 is 1.35 bits per heavy atom. The molecule has 0 amide bonds. The fraction of sp³-hybridized carbons (Fsp3) is 0.429. The van der Waals surface area contributed by atoms with Crippen molar-refractivity contribution in [3.8, 4) is 5.75 Å². The highest BCUT2D eigenvalue weighted by atomic mass is 19.1. The molecule has 1 saturated carbocycles. The number of nitrogens with zero attached hydrogens (tertiary/aromatic N) is 2. The fourth-order valence-corrected chi connectivity index (χ4v) is 4.15. The summed E-state index contributed by atoms with van der Waals surface area (Å²) < 4.78 is 49.5. The number of anilines is 1. The zero-order valence-corrected chi connectivity index (χ0v) is 16.7. The van der Waals surface area contributed by atoms with Crippen molar-refractivity contribution in [1.82, 2.24) is 4.57 Å². The Morgan fingerprint density at radius 2 is 2.10 bits per heavy atom. The van der Waals surface area contributed by atoms with Gasteiger partial charge in [-0.3, -0.25) is 4.79 Å². The SMILES string of the molecule is NCC(F)=C1CCCN(c2c(F)cc3c(=O)c(C(=O)O)cn(C4CC4)c3c2OCF)C1. The maximum Gasteiger partial charge on any atom is 0.341 e. The molecule has 7 nitrogen and oxygen atoms in total. The molecule has 166 valence electrons. The highest BCUT2D eigenvalue weighted by Crippen LogP contribution is 2.44. The number of nitrogens with two attached hydrogens (primary N) is 1. The molecule has 2 heterocycles. The first-order valence-corrected chi connectivity index (χ1v) is 10.0. The molecule has 2 fully saturated rings. The number of carbonyl (C=O) groups is 1. The fourth-order valence-electron chi connectivity index (χ4n) is 4.15. The van der Waals surface area contributed by atoms with Crippen LogP contribution in [0.2, 0.25) is 0 Å². The van der Waals surface area contributed by atoms with E-state index in [1.807, 2.05) is 0 Å². The molecule has 2 aliphatic rings. The summed E-state index contributed by atoms with van der Waals surface area (Å²) in [4.78, 5) is 25.8. The Labute approximate surface area is 175 Å². The van der Waals surface area contributed by atoms with E-state index in [1.54, 1.807) is 9.47 Å². The number of carboxylic acid groups (broad SMARTS) is 1. The normalized spacial score (nSPS) is 18.4. The molecule has 1 aliphatic carbocycles. The third-order valence-electron chi connectivity index (χ3n) is 5.74. The summed E-state index contributed by atoms with van der Waals surface area (Å²) in [5.74, 6) is -2.96. The van der Waals surface area contributed by atoms with Crippen LogP contribution in [0.25, 0.3) is 10.9 Å². The van der Waals surface area contributed by atoms with Crippen LogP contribution in [-0.2, 0) is 0 Å². The van der Waals surface area contributed by atoms with Gasteiger partial charge in [-0.05, 0) is 37.3 Å². The first-order valence-electron chi connectivity index (χ1n) is 10.0. The summed E-state index contributed by atoms with van der Waals surface area (Å²) in [6.07, 6.45) is 3.67. The van der Waals surface area contributed by atoms with Crippen LogP contribution in [0.1, 0.15) is 42.1 Å². The number of fused-ring (bicyclic) bond motifs is 1. The van der Waals surface area contributed by atoms with Gasteiger partial charge in [-0.2, -0.15) is 0 Å². The average molecular weight is 437 g/mol. The molecule has 1 saturated heterocycles. The number of halogens is 3. The second-order valence-corrected chi connectivity index (χ2v) is 7.74. The molecule has 0 unspecified atom stereocenters. The van der Waals surface area contributed by atoms with Crippen molar-refractivity contribution in [1.29, 1.82) is 0 Å². The van der Waals surface area contributed by atoms with Gasteiger partial charge in [-0.25, -0.2) is 18.0 Å². The number of piperidine rings is 1. The largest absolute Gasteiger partial charge is 0.477 e. The van der Waals surface area contributed by atoms with Crippen molar-refractivity contribution < 1.29 is 27.8 Å². The maximum atomic E-state index is 15.3. The molecule has 3 N–H and O–H groups in total. The van der Waals surface area contributed by atoms with Crippen LogP contribution in [-0.4, -0.2) is 42.1 Å². The van der Waals surface area contributed by atoms with Crippen molar-refractivity contribution in [3.05, 3.63) is 45.3 Å². The Balaban J connectivity index is 1.99. The van der Waals surface area contributed by atoms with Crippen LogP contribution >= 0.6 is 0 Å². The van der Waals surface area contributed by atoms with Crippen molar-refractivity contribution in [2.45, 2.75) is 31.7 Å². The molecule has 31 heavy (non-hydrogen) atoms. The van der Waals surface area contributed by atoms with E-state index in [1.165, 1.54) is 6.20 Å². The Kier molecular flexibility index (Phi) is 5.65. The summed E-state index contributed by atoms with van der Waals surface area (Å²) in [5, 5.41) is 9.20. The standard InChI is InChI=1S/C21H22F3N3O4/c22-10-31-20-17-13(19(28)14(21(29)30)9-27(17)12-3-4-12)6-15(23)18(20)26-5-1-2-11(8-26)16(24)7-25/h6,9,12H,1-5,7-8,10,25H2,(H,29,30). The lowest BCUT2D eigenvalue weighted by Crippen LogP contribution is -2.33. The molecule has 4 rings (SSSR count). The first-order chi connectivity index (χ1) is 14.9. The van der Waals surface area contributed by atoms with Crippen LogP contribution in [0.3, 0.4) is 0 Å². The average Bonchev–Trinajstić information content (AvgIpc) is 3.59. The molecular weight excluding hydrogens is 415 g/mol. The molecule has 10 heteroatoms. The Morgan fingerprint density at radius 3 is 2.71 bits per heavy atom. The molecular formula is C21H22F3N3O4. The van der Waals surface area contributed by atoms with E-state index in [0.717, 1.165) is 18.9 Å². The minimum atomic E-state index is -1.43. The second-order valence-electron chi connectivity index (χ2n) is 7.74. The van der Waals surface area contributed by atoms with Gasteiger partial charge < -0.3 is 25.0 Å². The number of hydrogen-bond donors (Lipinski definition) is 2. The van der Waals surface area contributed by atoms with Crippen LogP contribution < -0.4 is 20.8 Å². The summed E-state index contributed by atoms with van der Waals surface area (Å²) in [7, 11) is 0. The number of ether oxygens (including phenoxy) is 1. The zero-order chi connectivity index (χ0) is 22.3. The quantitative estimate of drug-likeness (QED) is 0.720. The van der Waals surface area contributed by atoms with E-state index < -0.39 is 35.5 Å². The van der Waals surface area contributed by atoms with E-state index in [0.29, 0.717) is 25.0 Å². The van der Waals surface area contributed by atoms with E-state index in [-0.39, 0.29) is 41.5 Å². The van der Waals surface area contributed by atoms with Gasteiger partial charge in [0, 0.05) is 31.9 Å². The molecule has 0 bridgehead atoms. The summed E-state index contributed by atoms with van der Waals surface area (Å²) in [6, 6.07) is 0.855. The van der Waals surface area contributed by atoms with E-state index in [4.69, 9.17) is 10.5 Å². The first kappa shape index (κ1) is 21.2. The maximum absolute atomic E-state index is 15.3. The lowest BCUT2D eigenvalue weighted by atomic mass is 10.0. The smallest absolute Gasteiger partial charge is 0.341 e. The number of rotatable bonds is 6. The van der Waals surface area contributed by atoms with Gasteiger partial charge in [0.25, 0.3) is 0 Å². The number of aromatic nitrogens is 1. The summed E-state index contributed by atoms with van der Waals surface area (Å²) >= 11 is 0. The molecule has 0 radical (unpaired) electrons. The van der Waals surface area contributed by atoms with Gasteiger partial charge in [0.1, 0.15) is 17.1 Å². The van der Waals surface area contributed by atoms with Gasteiger partial charge in [0.2, 0.25) is 12.3 Å².